The number of Topliss-reactive ketones (excluding diaryl/α,β-unsaturated/α-hetero) is 1. The Balaban J connectivity index is 1.80. The second kappa shape index (κ2) is 8.84. The number of nitrogens with zero attached hydrogens (tertiary/aromatic N) is 1. The van der Waals surface area contributed by atoms with E-state index in [-0.39, 0.29) is 33.5 Å². The maximum Gasteiger partial charge on any atom is 0.286 e. The number of hydrogen-bond acceptors (Lipinski definition) is 7. The van der Waals surface area contributed by atoms with E-state index < -0.39 is 33.7 Å². The molecule has 2 aromatic rings. The van der Waals surface area contributed by atoms with Gasteiger partial charge >= 0.3 is 0 Å². The van der Waals surface area contributed by atoms with Crippen LogP contribution < -0.4 is 15.8 Å². The van der Waals surface area contributed by atoms with E-state index in [2.05, 4.69) is 23.6 Å². The number of rotatable bonds is 7. The predicted octanol–water partition coefficient (Wildman–Crippen LogP) is 3.31. The number of amides is 1. The fraction of sp³-hybridized carbons (Fsp3) is 0.320. The SMILES string of the molecule is CC(C)CCC1(C)C(=O)C(C2=NS(=O)(=O)c3cc(OCC(N)=O)ccc3N2)=C(O)c2ccccc21. The summed E-state index contributed by atoms with van der Waals surface area (Å²) in [5, 5.41) is 14.0. The minimum Gasteiger partial charge on any atom is -0.506 e. The Labute approximate surface area is 203 Å². The number of ether oxygens (including phenoxy) is 1. The Morgan fingerprint density at radius 3 is 2.63 bits per heavy atom. The third kappa shape index (κ3) is 4.41. The number of carbonyl (C=O) groups excluding carboxylic acids is 2. The highest BCUT2D eigenvalue weighted by Crippen LogP contribution is 2.44. The van der Waals surface area contributed by atoms with Crippen molar-refractivity contribution in [3.05, 3.63) is 59.2 Å². The number of nitrogens with one attached hydrogen (secondary N) is 1. The number of sulfonamides is 1. The number of fused-ring (bicyclic) bond motifs is 2. The lowest BCUT2D eigenvalue weighted by Gasteiger charge is -2.36. The normalized spacial score (nSPS) is 20.6. The number of primary amides is 1. The van der Waals surface area contributed by atoms with Crippen LogP contribution in [0.3, 0.4) is 0 Å². The molecular formula is C25H27N3O6S. The summed E-state index contributed by atoms with van der Waals surface area (Å²) in [6, 6.07) is 11.2. The third-order valence-corrected chi connectivity index (χ3v) is 7.59. The summed E-state index contributed by atoms with van der Waals surface area (Å²) in [6.07, 6.45) is 1.29. The molecule has 35 heavy (non-hydrogen) atoms. The zero-order valence-corrected chi connectivity index (χ0v) is 20.5. The van der Waals surface area contributed by atoms with Gasteiger partial charge in [-0.05, 0) is 43.4 Å². The molecule has 2 aromatic carbocycles. The Morgan fingerprint density at radius 2 is 1.94 bits per heavy atom. The van der Waals surface area contributed by atoms with Gasteiger partial charge in [-0.3, -0.25) is 9.59 Å². The summed E-state index contributed by atoms with van der Waals surface area (Å²) in [4.78, 5) is 24.7. The van der Waals surface area contributed by atoms with Crippen LogP contribution >= 0.6 is 0 Å². The molecule has 0 aromatic heterocycles. The van der Waals surface area contributed by atoms with Crippen LogP contribution in [0.5, 0.6) is 5.75 Å². The number of hydrogen-bond donors (Lipinski definition) is 3. The van der Waals surface area contributed by atoms with Crippen molar-refractivity contribution in [3.8, 4) is 5.75 Å². The number of ketones is 1. The van der Waals surface area contributed by atoms with E-state index in [4.69, 9.17) is 10.5 Å². The molecule has 9 nitrogen and oxygen atoms in total. The summed E-state index contributed by atoms with van der Waals surface area (Å²) >= 11 is 0. The molecule has 10 heteroatoms. The van der Waals surface area contributed by atoms with Crippen molar-refractivity contribution in [1.82, 2.24) is 0 Å². The molecule has 4 N–H and O–H groups in total. The molecule has 1 heterocycles. The van der Waals surface area contributed by atoms with Crippen LogP contribution in [0.25, 0.3) is 5.76 Å². The third-order valence-electron chi connectivity index (χ3n) is 6.28. The van der Waals surface area contributed by atoms with E-state index in [9.17, 15) is 23.1 Å². The van der Waals surface area contributed by atoms with Crippen molar-refractivity contribution in [2.24, 2.45) is 16.0 Å². The highest BCUT2D eigenvalue weighted by Gasteiger charge is 2.46. The van der Waals surface area contributed by atoms with Gasteiger partial charge in [0.1, 0.15) is 22.0 Å². The summed E-state index contributed by atoms with van der Waals surface area (Å²) < 4.78 is 35.2. The van der Waals surface area contributed by atoms with E-state index in [0.29, 0.717) is 23.5 Å². The second-order valence-electron chi connectivity index (χ2n) is 9.32. The molecule has 0 saturated carbocycles. The standard InChI is InChI=1S/C25H27N3O6S/c1-14(2)10-11-25(3)17-7-5-4-6-16(17)22(30)21(23(25)31)24-27-18-9-8-15(34-13-20(26)29)12-19(18)35(32,33)28-24/h4-9,12,14,30H,10-11,13H2,1-3H3,(H2,26,29)(H,27,28). The van der Waals surface area contributed by atoms with Crippen LogP contribution in [0.1, 0.15) is 44.7 Å². The van der Waals surface area contributed by atoms with Gasteiger partial charge in [-0.15, -0.1) is 4.40 Å². The maximum absolute atomic E-state index is 13.9. The van der Waals surface area contributed by atoms with Gasteiger partial charge in [0.05, 0.1) is 11.1 Å². The van der Waals surface area contributed by atoms with Crippen molar-refractivity contribution in [2.45, 2.75) is 43.9 Å². The van der Waals surface area contributed by atoms with Crippen molar-refractivity contribution in [1.29, 1.82) is 0 Å². The number of aliphatic hydroxyl groups is 1. The van der Waals surface area contributed by atoms with E-state index in [1.54, 1.807) is 12.1 Å². The molecule has 0 fully saturated rings. The zero-order valence-electron chi connectivity index (χ0n) is 19.7. The summed E-state index contributed by atoms with van der Waals surface area (Å²) in [5.41, 5.74) is 5.27. The van der Waals surface area contributed by atoms with Crippen molar-refractivity contribution >= 4 is 39.0 Å². The first-order chi connectivity index (χ1) is 16.4. The number of benzene rings is 2. The van der Waals surface area contributed by atoms with Crippen LogP contribution in [-0.2, 0) is 25.0 Å². The second-order valence-corrected chi connectivity index (χ2v) is 10.9. The highest BCUT2D eigenvalue weighted by molar-refractivity contribution is 7.90. The van der Waals surface area contributed by atoms with Gasteiger partial charge in [-0.1, -0.05) is 38.1 Å². The summed E-state index contributed by atoms with van der Waals surface area (Å²) in [7, 11) is -4.26. The maximum atomic E-state index is 13.9. The van der Waals surface area contributed by atoms with Crippen LogP contribution in [0.15, 0.2) is 57.3 Å². The number of anilines is 1. The molecule has 1 unspecified atom stereocenters. The smallest absolute Gasteiger partial charge is 0.286 e. The Bertz CT molecular complexity index is 1390. The minimum atomic E-state index is -4.26. The number of aliphatic hydroxyl groups excluding tert-OH is 1. The van der Waals surface area contributed by atoms with Gasteiger partial charge < -0.3 is 20.9 Å². The Kier molecular flexibility index (Phi) is 6.18. The Morgan fingerprint density at radius 1 is 1.23 bits per heavy atom. The van der Waals surface area contributed by atoms with E-state index in [1.807, 2.05) is 19.1 Å². The first-order valence-corrected chi connectivity index (χ1v) is 12.6. The Hall–Kier alpha value is -3.66. The summed E-state index contributed by atoms with van der Waals surface area (Å²) in [6.45, 7) is 5.53. The topological polar surface area (TPSA) is 148 Å². The van der Waals surface area contributed by atoms with Gasteiger partial charge in [-0.2, -0.15) is 8.42 Å². The van der Waals surface area contributed by atoms with Crippen LogP contribution in [-0.4, -0.2) is 37.7 Å². The molecule has 184 valence electrons. The van der Waals surface area contributed by atoms with Gasteiger partial charge in [-0.25, -0.2) is 0 Å². The van der Waals surface area contributed by atoms with Crippen molar-refractivity contribution in [3.63, 3.8) is 0 Å². The highest BCUT2D eigenvalue weighted by atomic mass is 32.2. The average molecular weight is 498 g/mol. The van der Waals surface area contributed by atoms with E-state index >= 15 is 0 Å². The largest absolute Gasteiger partial charge is 0.506 e. The van der Waals surface area contributed by atoms with Crippen LogP contribution in [0.2, 0.25) is 0 Å². The average Bonchev–Trinajstić information content (AvgIpc) is 2.80. The lowest BCUT2D eigenvalue weighted by molar-refractivity contribution is -0.121. The van der Waals surface area contributed by atoms with Crippen molar-refractivity contribution < 1.29 is 27.9 Å². The number of nitrogens with two attached hydrogens (primary N) is 1. The number of amidine groups is 1. The number of carbonyl (C=O) groups is 2. The minimum absolute atomic E-state index is 0.123. The van der Waals surface area contributed by atoms with Crippen molar-refractivity contribution in [2.75, 3.05) is 11.9 Å². The molecule has 1 aliphatic heterocycles. The van der Waals surface area contributed by atoms with Gasteiger partial charge in [0, 0.05) is 11.6 Å². The molecule has 2 aliphatic rings. The van der Waals surface area contributed by atoms with Crippen LogP contribution in [0, 0.1) is 5.92 Å². The molecule has 0 radical (unpaired) electrons. The van der Waals surface area contributed by atoms with E-state index in [1.165, 1.54) is 18.2 Å². The molecule has 0 saturated heterocycles. The molecule has 1 aliphatic carbocycles. The van der Waals surface area contributed by atoms with Crippen LogP contribution in [0.4, 0.5) is 5.69 Å². The monoisotopic (exact) mass is 497 g/mol. The molecule has 0 bridgehead atoms. The van der Waals surface area contributed by atoms with E-state index in [0.717, 1.165) is 6.42 Å². The quantitative estimate of drug-likeness (QED) is 0.531. The zero-order chi connectivity index (χ0) is 25.5. The van der Waals surface area contributed by atoms with Gasteiger partial charge in [0.15, 0.2) is 18.2 Å². The molecule has 4 rings (SSSR count). The molecule has 0 spiro atoms. The lowest BCUT2D eigenvalue weighted by Crippen LogP contribution is -2.42. The van der Waals surface area contributed by atoms with Gasteiger partial charge in [0.2, 0.25) is 0 Å². The fourth-order valence-corrected chi connectivity index (χ4v) is 5.49. The fourth-order valence-electron chi connectivity index (χ4n) is 4.35. The molecule has 1 atom stereocenters. The predicted molar refractivity (Wildman–Crippen MR) is 132 cm³/mol. The first-order valence-electron chi connectivity index (χ1n) is 11.2. The summed E-state index contributed by atoms with van der Waals surface area (Å²) in [5.74, 6) is -1.20. The van der Waals surface area contributed by atoms with Gasteiger partial charge in [0.25, 0.3) is 15.9 Å². The lowest BCUT2D eigenvalue weighted by atomic mass is 9.66. The molecular weight excluding hydrogens is 470 g/mol. The molecule has 1 amide bonds. The first kappa shape index (κ1) is 24.5.